The molecule has 8 heteroatoms. The average Bonchev–Trinajstić information content (AvgIpc) is 2.97. The minimum Gasteiger partial charge on any atom is -0.481 e. The summed E-state index contributed by atoms with van der Waals surface area (Å²) in [5.74, 6) is -0.0497. The van der Waals surface area contributed by atoms with Crippen molar-refractivity contribution in [3.8, 4) is 5.88 Å². The van der Waals surface area contributed by atoms with Crippen molar-refractivity contribution in [1.29, 1.82) is 0 Å². The van der Waals surface area contributed by atoms with Gasteiger partial charge < -0.3 is 15.0 Å². The summed E-state index contributed by atoms with van der Waals surface area (Å²) in [6, 6.07) is 8.97. The van der Waals surface area contributed by atoms with E-state index < -0.39 is 5.92 Å². The number of benzene rings is 1. The predicted molar refractivity (Wildman–Crippen MR) is 91.8 cm³/mol. The van der Waals surface area contributed by atoms with Gasteiger partial charge in [-0.15, -0.1) is 0 Å². The first-order valence-electron chi connectivity index (χ1n) is 7.29. The number of carbonyl (C=O) groups excluding carboxylic acids is 2. The third-order valence-corrected chi connectivity index (χ3v) is 4.21. The number of anilines is 2. The Morgan fingerprint density at radius 1 is 1.38 bits per heavy atom. The quantitative estimate of drug-likeness (QED) is 0.864. The summed E-state index contributed by atoms with van der Waals surface area (Å²) in [5.41, 5.74) is 0.772. The molecule has 24 heavy (non-hydrogen) atoms. The fourth-order valence-corrected chi connectivity index (χ4v) is 2.91. The van der Waals surface area contributed by atoms with E-state index in [4.69, 9.17) is 4.74 Å². The smallest absolute Gasteiger partial charge is 0.230 e. The van der Waals surface area contributed by atoms with Gasteiger partial charge in [0, 0.05) is 29.2 Å². The topological polar surface area (TPSA) is 84.4 Å². The van der Waals surface area contributed by atoms with Crippen molar-refractivity contribution in [1.82, 2.24) is 9.97 Å². The van der Waals surface area contributed by atoms with Gasteiger partial charge in [0.15, 0.2) is 0 Å². The number of hydrogen-bond donors (Lipinski definition) is 1. The van der Waals surface area contributed by atoms with Crippen LogP contribution in [0.5, 0.6) is 5.88 Å². The molecule has 0 aliphatic carbocycles. The van der Waals surface area contributed by atoms with E-state index in [9.17, 15) is 9.59 Å². The first-order chi connectivity index (χ1) is 11.6. The van der Waals surface area contributed by atoms with Gasteiger partial charge in [0.25, 0.3) is 0 Å². The second kappa shape index (κ2) is 6.96. The highest BCUT2D eigenvalue weighted by Crippen LogP contribution is 2.28. The molecule has 1 N–H and O–H groups in total. The molecular weight excluding hydrogens is 376 g/mol. The number of nitrogens with zero attached hydrogens (tertiary/aromatic N) is 3. The lowest BCUT2D eigenvalue weighted by Gasteiger charge is -2.17. The molecule has 1 aliphatic heterocycles. The summed E-state index contributed by atoms with van der Waals surface area (Å²) in [5, 5.41) is 2.70. The van der Waals surface area contributed by atoms with E-state index in [1.807, 2.05) is 24.3 Å². The van der Waals surface area contributed by atoms with Crippen LogP contribution in [0.25, 0.3) is 0 Å². The molecule has 1 aromatic heterocycles. The van der Waals surface area contributed by atoms with Crippen LogP contribution in [0.1, 0.15) is 6.42 Å². The van der Waals surface area contributed by atoms with Crippen molar-refractivity contribution in [3.05, 3.63) is 41.1 Å². The fraction of sp³-hybridized carbons (Fsp3) is 0.250. The van der Waals surface area contributed by atoms with E-state index in [2.05, 4.69) is 31.2 Å². The molecule has 124 valence electrons. The van der Waals surface area contributed by atoms with Crippen molar-refractivity contribution in [2.24, 2.45) is 5.92 Å². The summed E-state index contributed by atoms with van der Waals surface area (Å²) in [7, 11) is 1.49. The van der Waals surface area contributed by atoms with Crippen molar-refractivity contribution in [2.75, 3.05) is 23.9 Å². The van der Waals surface area contributed by atoms with E-state index in [0.29, 0.717) is 18.2 Å². The van der Waals surface area contributed by atoms with E-state index in [1.165, 1.54) is 19.5 Å². The zero-order valence-electron chi connectivity index (χ0n) is 12.9. The molecule has 7 nitrogen and oxygen atoms in total. The van der Waals surface area contributed by atoms with Gasteiger partial charge in [0.2, 0.25) is 17.7 Å². The van der Waals surface area contributed by atoms with Crippen molar-refractivity contribution in [2.45, 2.75) is 6.42 Å². The fourth-order valence-electron chi connectivity index (χ4n) is 2.52. The number of rotatable bonds is 4. The number of ether oxygens (including phenoxy) is 1. The van der Waals surface area contributed by atoms with E-state index in [-0.39, 0.29) is 18.2 Å². The van der Waals surface area contributed by atoms with Crippen LogP contribution in [0.2, 0.25) is 0 Å². The molecule has 2 amide bonds. The molecule has 0 radical (unpaired) electrons. The van der Waals surface area contributed by atoms with Crippen molar-refractivity contribution < 1.29 is 14.3 Å². The average molecular weight is 391 g/mol. The molecule has 2 aromatic rings. The van der Waals surface area contributed by atoms with E-state index >= 15 is 0 Å². The molecule has 3 rings (SSSR count). The van der Waals surface area contributed by atoms with Crippen molar-refractivity contribution in [3.63, 3.8) is 0 Å². The number of amides is 2. The molecule has 1 fully saturated rings. The standard InChI is InChI=1S/C16H15BrN4O3/c1-24-14-7-13(18-9-19-14)20-16(23)10-5-15(22)21(8-10)12-4-2-3-11(17)6-12/h2-4,6-7,9-10H,5,8H2,1H3,(H,18,19,20,23)/t10-/m0/s1. The maximum absolute atomic E-state index is 12.4. The third-order valence-electron chi connectivity index (χ3n) is 3.72. The molecule has 0 bridgehead atoms. The van der Waals surface area contributed by atoms with Gasteiger partial charge in [-0.1, -0.05) is 22.0 Å². The van der Waals surface area contributed by atoms with E-state index in [0.717, 1.165) is 10.2 Å². The second-order valence-corrected chi connectivity index (χ2v) is 6.24. The lowest BCUT2D eigenvalue weighted by Crippen LogP contribution is -2.28. The maximum atomic E-state index is 12.4. The van der Waals surface area contributed by atoms with Crippen molar-refractivity contribution >= 4 is 39.2 Å². The van der Waals surface area contributed by atoms with Gasteiger partial charge in [0.1, 0.15) is 12.1 Å². The largest absolute Gasteiger partial charge is 0.481 e. The molecule has 1 saturated heterocycles. The first-order valence-corrected chi connectivity index (χ1v) is 8.09. The Hall–Kier alpha value is -2.48. The molecule has 0 spiro atoms. The first kappa shape index (κ1) is 16.4. The Kier molecular flexibility index (Phi) is 4.75. The van der Waals surface area contributed by atoms with Crippen LogP contribution in [0.15, 0.2) is 41.1 Å². The molecular formula is C16H15BrN4O3. The van der Waals surface area contributed by atoms with Crippen LogP contribution in [-0.2, 0) is 9.59 Å². The minimum atomic E-state index is -0.433. The predicted octanol–water partition coefficient (Wildman–Crippen LogP) is 2.24. The number of carbonyl (C=O) groups is 2. The summed E-state index contributed by atoms with van der Waals surface area (Å²) in [6.07, 6.45) is 1.47. The molecule has 2 heterocycles. The number of nitrogens with one attached hydrogen (secondary N) is 1. The number of aromatic nitrogens is 2. The van der Waals surface area contributed by atoms with E-state index in [1.54, 1.807) is 4.90 Å². The van der Waals surface area contributed by atoms with Crippen LogP contribution < -0.4 is 15.0 Å². The highest BCUT2D eigenvalue weighted by Gasteiger charge is 2.35. The molecule has 0 unspecified atom stereocenters. The highest BCUT2D eigenvalue weighted by atomic mass is 79.9. The van der Waals surface area contributed by atoms with Crippen LogP contribution in [0.4, 0.5) is 11.5 Å². The molecule has 1 atom stereocenters. The zero-order chi connectivity index (χ0) is 17.1. The van der Waals surface area contributed by atoms with Crippen LogP contribution in [-0.4, -0.2) is 35.4 Å². The lowest BCUT2D eigenvalue weighted by atomic mass is 10.1. The summed E-state index contributed by atoms with van der Waals surface area (Å²) in [4.78, 5) is 34.1. The minimum absolute atomic E-state index is 0.0754. The second-order valence-electron chi connectivity index (χ2n) is 5.32. The Bertz CT molecular complexity index is 783. The Balaban J connectivity index is 1.69. The van der Waals surface area contributed by atoms with Gasteiger partial charge >= 0.3 is 0 Å². The molecule has 1 aromatic carbocycles. The lowest BCUT2D eigenvalue weighted by molar-refractivity contribution is -0.122. The Morgan fingerprint density at radius 3 is 2.96 bits per heavy atom. The number of halogens is 1. The Morgan fingerprint density at radius 2 is 2.21 bits per heavy atom. The summed E-state index contributed by atoms with van der Waals surface area (Å²) < 4.78 is 5.88. The van der Waals surface area contributed by atoms with Gasteiger partial charge in [0.05, 0.1) is 13.0 Å². The van der Waals surface area contributed by atoms with Crippen LogP contribution >= 0.6 is 15.9 Å². The van der Waals surface area contributed by atoms with Gasteiger partial charge in [-0.3, -0.25) is 9.59 Å². The van der Waals surface area contributed by atoms with Gasteiger partial charge in [-0.2, -0.15) is 0 Å². The SMILES string of the molecule is COc1cc(NC(=O)[C@H]2CC(=O)N(c3cccc(Br)c3)C2)ncn1. The van der Waals surface area contributed by atoms with Gasteiger partial charge in [-0.05, 0) is 18.2 Å². The number of methoxy groups -OCH3 is 1. The third kappa shape index (κ3) is 3.53. The summed E-state index contributed by atoms with van der Waals surface area (Å²) in [6.45, 7) is 0.337. The monoisotopic (exact) mass is 390 g/mol. The normalized spacial score (nSPS) is 17.0. The Labute approximate surface area is 147 Å². The highest BCUT2D eigenvalue weighted by molar-refractivity contribution is 9.10. The van der Waals surface area contributed by atoms with Crippen LogP contribution in [0, 0.1) is 5.92 Å². The number of hydrogen-bond acceptors (Lipinski definition) is 5. The summed E-state index contributed by atoms with van der Waals surface area (Å²) >= 11 is 3.39. The maximum Gasteiger partial charge on any atom is 0.230 e. The van der Waals surface area contributed by atoms with Crippen LogP contribution in [0.3, 0.4) is 0 Å². The molecule has 1 aliphatic rings. The zero-order valence-corrected chi connectivity index (χ0v) is 14.5. The molecule has 0 saturated carbocycles. The van der Waals surface area contributed by atoms with Gasteiger partial charge in [-0.25, -0.2) is 9.97 Å².